The maximum absolute atomic E-state index is 11.3. The summed E-state index contributed by atoms with van der Waals surface area (Å²) in [6.45, 7) is 0. The lowest BCUT2D eigenvalue weighted by atomic mass is 10.2. The predicted octanol–water partition coefficient (Wildman–Crippen LogP) is 2.05. The molecule has 0 spiro atoms. The lowest BCUT2D eigenvalue weighted by molar-refractivity contribution is -0.132. The van der Waals surface area contributed by atoms with Crippen LogP contribution < -0.4 is 0 Å². The highest BCUT2D eigenvalue weighted by Crippen LogP contribution is 2.14. The number of halogens is 2. The van der Waals surface area contributed by atoms with Crippen LogP contribution in [0.25, 0.3) is 0 Å². The Balaban J connectivity index is 3.15. The Bertz CT molecular complexity index is 381. The fourth-order valence-corrected chi connectivity index (χ4v) is 1.52. The molecular formula is C8H6ClIN2O2. The summed E-state index contributed by atoms with van der Waals surface area (Å²) in [5.41, 5.74) is 0.626. The number of carbonyl (C=O) groups excluding carboxylic acids is 1. The third-order valence-corrected chi connectivity index (χ3v) is 2.26. The summed E-state index contributed by atoms with van der Waals surface area (Å²) in [7, 11) is 1.29. The molecule has 0 atom stereocenters. The van der Waals surface area contributed by atoms with Gasteiger partial charge in [-0.25, -0.2) is 13.0 Å². The molecule has 0 aliphatic carbocycles. The molecule has 0 saturated carbocycles. The van der Waals surface area contributed by atoms with E-state index in [9.17, 15) is 4.79 Å². The van der Waals surface area contributed by atoms with Crippen molar-refractivity contribution in [2.75, 3.05) is 7.11 Å². The van der Waals surface area contributed by atoms with Gasteiger partial charge in [0.2, 0.25) is 0 Å². The largest absolute Gasteiger partial charge is 0.464 e. The third kappa shape index (κ3) is 2.42. The first-order chi connectivity index (χ1) is 6.70. The molecule has 0 radical (unpaired) electrons. The summed E-state index contributed by atoms with van der Waals surface area (Å²) in [5.74, 6) is -0.533. The molecule has 0 bridgehead atoms. The minimum absolute atomic E-state index is 0.159. The summed E-state index contributed by atoms with van der Waals surface area (Å²) >= 11 is 7.50. The number of methoxy groups -OCH3 is 1. The van der Waals surface area contributed by atoms with Crippen LogP contribution in [0.1, 0.15) is 5.56 Å². The molecule has 1 aromatic rings. The van der Waals surface area contributed by atoms with Gasteiger partial charge < -0.3 is 4.74 Å². The SMILES string of the molecule is COC(=O)/C(=N\I)c1cccnc1Cl. The molecule has 6 heteroatoms. The summed E-state index contributed by atoms with van der Waals surface area (Å²) in [5, 5.41) is 0.230. The van der Waals surface area contributed by atoms with Crippen molar-refractivity contribution in [1.82, 2.24) is 4.98 Å². The van der Waals surface area contributed by atoms with Crippen molar-refractivity contribution < 1.29 is 9.53 Å². The van der Waals surface area contributed by atoms with Gasteiger partial charge in [0.05, 0.1) is 30.0 Å². The third-order valence-electron chi connectivity index (χ3n) is 1.48. The van der Waals surface area contributed by atoms with Crippen molar-refractivity contribution in [3.05, 3.63) is 29.0 Å². The number of esters is 1. The molecule has 74 valence electrons. The summed E-state index contributed by atoms with van der Waals surface area (Å²) in [6, 6.07) is 3.33. The normalized spacial score (nSPS) is 11.2. The van der Waals surface area contributed by atoms with Gasteiger partial charge in [-0.2, -0.15) is 0 Å². The Kier molecular flexibility index (Phi) is 4.27. The zero-order valence-electron chi connectivity index (χ0n) is 7.20. The van der Waals surface area contributed by atoms with E-state index >= 15 is 0 Å². The number of aromatic nitrogens is 1. The summed E-state index contributed by atoms with van der Waals surface area (Å²) in [4.78, 5) is 15.1. The van der Waals surface area contributed by atoms with E-state index in [1.807, 2.05) is 0 Å². The molecule has 1 rings (SSSR count). The van der Waals surface area contributed by atoms with Crippen LogP contribution in [0, 0.1) is 0 Å². The van der Waals surface area contributed by atoms with E-state index in [0.717, 1.165) is 0 Å². The summed E-state index contributed by atoms with van der Waals surface area (Å²) in [6.07, 6.45) is 1.54. The lowest BCUT2D eigenvalue weighted by Crippen LogP contribution is -2.17. The van der Waals surface area contributed by atoms with Crippen molar-refractivity contribution in [3.8, 4) is 0 Å². The highest BCUT2D eigenvalue weighted by Gasteiger charge is 2.17. The quantitative estimate of drug-likeness (QED) is 0.362. The van der Waals surface area contributed by atoms with Crippen molar-refractivity contribution in [2.24, 2.45) is 3.21 Å². The van der Waals surface area contributed by atoms with Gasteiger partial charge in [-0.3, -0.25) is 0 Å². The van der Waals surface area contributed by atoms with Crippen LogP contribution in [0.4, 0.5) is 0 Å². The number of pyridine rings is 1. The molecule has 0 fully saturated rings. The molecule has 1 aromatic heterocycles. The van der Waals surface area contributed by atoms with E-state index in [1.54, 1.807) is 35.0 Å². The van der Waals surface area contributed by atoms with Gasteiger partial charge in [-0.15, -0.1) is 0 Å². The van der Waals surface area contributed by atoms with Crippen LogP contribution in [-0.4, -0.2) is 23.8 Å². The van der Waals surface area contributed by atoms with E-state index in [2.05, 4.69) is 12.9 Å². The molecule has 0 aromatic carbocycles. The number of hydrogen-bond acceptors (Lipinski definition) is 4. The molecule has 0 amide bonds. The van der Waals surface area contributed by atoms with Gasteiger partial charge in [0, 0.05) is 11.8 Å². The maximum atomic E-state index is 11.3. The van der Waals surface area contributed by atoms with Crippen LogP contribution >= 0.6 is 34.5 Å². The van der Waals surface area contributed by atoms with Crippen LogP contribution in [0.15, 0.2) is 21.5 Å². The van der Waals surface area contributed by atoms with Crippen LogP contribution in [-0.2, 0) is 9.53 Å². The van der Waals surface area contributed by atoms with Crippen molar-refractivity contribution >= 4 is 46.1 Å². The van der Waals surface area contributed by atoms with Crippen molar-refractivity contribution in [2.45, 2.75) is 0 Å². The Hall–Kier alpha value is -0.690. The van der Waals surface area contributed by atoms with Crippen LogP contribution in [0.3, 0.4) is 0 Å². The highest BCUT2D eigenvalue weighted by atomic mass is 127. The smallest absolute Gasteiger partial charge is 0.357 e. The van der Waals surface area contributed by atoms with E-state index in [0.29, 0.717) is 5.56 Å². The van der Waals surface area contributed by atoms with Crippen molar-refractivity contribution in [1.29, 1.82) is 0 Å². The fraction of sp³-hybridized carbons (Fsp3) is 0.125. The molecule has 0 unspecified atom stereocenters. The van der Waals surface area contributed by atoms with Gasteiger partial charge in [-0.1, -0.05) is 11.6 Å². The standard InChI is InChI=1S/C8H6ClIN2O2/c1-14-8(13)6(12-10)5-3-2-4-11-7(5)9/h2-4H,1H3/b12-6-. The Morgan fingerprint density at radius 3 is 2.93 bits per heavy atom. The second kappa shape index (κ2) is 5.26. The Morgan fingerprint density at radius 1 is 1.71 bits per heavy atom. The molecule has 4 nitrogen and oxygen atoms in total. The molecule has 1 heterocycles. The number of rotatable bonds is 2. The van der Waals surface area contributed by atoms with Crippen molar-refractivity contribution in [3.63, 3.8) is 0 Å². The van der Waals surface area contributed by atoms with E-state index in [-0.39, 0.29) is 10.9 Å². The maximum Gasteiger partial charge on any atom is 0.357 e. The molecule has 0 aliphatic heterocycles. The second-order valence-electron chi connectivity index (χ2n) is 2.27. The predicted molar refractivity (Wildman–Crippen MR) is 61.8 cm³/mol. The number of hydrogen-bond donors (Lipinski definition) is 0. The van der Waals surface area contributed by atoms with Gasteiger partial charge >= 0.3 is 5.97 Å². The molecule has 14 heavy (non-hydrogen) atoms. The van der Waals surface area contributed by atoms with E-state index < -0.39 is 5.97 Å². The first-order valence-corrected chi connectivity index (χ1v) is 4.93. The highest BCUT2D eigenvalue weighted by molar-refractivity contribution is 14.1. The van der Waals surface area contributed by atoms with Gasteiger partial charge in [0.1, 0.15) is 5.15 Å². The minimum atomic E-state index is -0.533. The second-order valence-corrected chi connectivity index (χ2v) is 3.11. The molecule has 0 aliphatic rings. The summed E-state index contributed by atoms with van der Waals surface area (Å²) < 4.78 is 8.33. The molecular weight excluding hydrogens is 318 g/mol. The minimum Gasteiger partial charge on any atom is -0.464 e. The molecule has 0 saturated heterocycles. The number of carbonyl (C=O) groups is 1. The topological polar surface area (TPSA) is 51.5 Å². The van der Waals surface area contributed by atoms with Crippen LogP contribution in [0.5, 0.6) is 0 Å². The monoisotopic (exact) mass is 324 g/mol. The van der Waals surface area contributed by atoms with E-state index in [1.165, 1.54) is 13.3 Å². The number of nitrogens with zero attached hydrogens (tertiary/aromatic N) is 2. The first kappa shape index (κ1) is 11.4. The average molecular weight is 325 g/mol. The van der Waals surface area contributed by atoms with Gasteiger partial charge in [0.25, 0.3) is 0 Å². The average Bonchev–Trinajstić information content (AvgIpc) is 2.21. The first-order valence-electron chi connectivity index (χ1n) is 3.59. The Morgan fingerprint density at radius 2 is 2.43 bits per heavy atom. The lowest BCUT2D eigenvalue weighted by Gasteiger charge is -2.03. The number of ether oxygens (including phenoxy) is 1. The van der Waals surface area contributed by atoms with E-state index in [4.69, 9.17) is 11.6 Å². The van der Waals surface area contributed by atoms with Gasteiger partial charge in [0.15, 0.2) is 5.71 Å². The molecule has 0 N–H and O–H groups in total. The van der Waals surface area contributed by atoms with Gasteiger partial charge in [-0.05, 0) is 12.1 Å². The zero-order valence-corrected chi connectivity index (χ0v) is 10.1. The zero-order chi connectivity index (χ0) is 10.6. The fourth-order valence-electron chi connectivity index (χ4n) is 0.849. The van der Waals surface area contributed by atoms with Crippen LogP contribution in [0.2, 0.25) is 5.15 Å². The Labute approximate surface area is 99.8 Å².